The number of hydrogen-bond donors (Lipinski definition) is 1. The minimum atomic E-state index is 0.111. The predicted octanol–water partition coefficient (Wildman–Crippen LogP) is 3.31. The Labute approximate surface area is 170 Å². The number of pyridine rings is 1. The molecule has 1 aromatic carbocycles. The number of benzene rings is 1. The van der Waals surface area contributed by atoms with E-state index >= 15 is 0 Å². The van der Waals surface area contributed by atoms with E-state index in [1.165, 1.54) is 11.3 Å². The molecule has 0 unspecified atom stereocenters. The van der Waals surface area contributed by atoms with Crippen LogP contribution in [0.4, 0.5) is 5.82 Å². The number of amides is 1. The Bertz CT molecular complexity index is 1010. The Morgan fingerprint density at radius 1 is 0.931 bits per heavy atom. The van der Waals surface area contributed by atoms with Gasteiger partial charge in [0.05, 0.1) is 11.3 Å². The van der Waals surface area contributed by atoms with Crippen LogP contribution in [0.15, 0.2) is 48.7 Å². The Morgan fingerprint density at radius 2 is 1.72 bits per heavy atom. The van der Waals surface area contributed by atoms with Crippen molar-refractivity contribution < 1.29 is 4.79 Å². The normalized spacial score (nSPS) is 16.6. The first-order valence-corrected chi connectivity index (χ1v) is 10.4. The van der Waals surface area contributed by atoms with Crippen LogP contribution in [-0.2, 0) is 12.8 Å². The second-order valence-electron chi connectivity index (χ2n) is 7.76. The van der Waals surface area contributed by atoms with Gasteiger partial charge in [-0.3, -0.25) is 9.89 Å². The summed E-state index contributed by atoms with van der Waals surface area (Å²) in [6, 6.07) is 14.1. The molecule has 0 atom stereocenters. The first kappa shape index (κ1) is 17.9. The molecule has 1 saturated heterocycles. The highest BCUT2D eigenvalue weighted by molar-refractivity contribution is 5.99. The highest BCUT2D eigenvalue weighted by Crippen LogP contribution is 2.29. The van der Waals surface area contributed by atoms with Crippen LogP contribution in [0.2, 0.25) is 0 Å². The Balaban J connectivity index is 1.41. The number of nitrogens with one attached hydrogen (secondary N) is 1. The van der Waals surface area contributed by atoms with Gasteiger partial charge in [-0.15, -0.1) is 0 Å². The summed E-state index contributed by atoms with van der Waals surface area (Å²) in [6.07, 6.45) is 5.72. The molecule has 148 valence electrons. The molecule has 2 aromatic heterocycles. The number of hydrogen-bond acceptors (Lipinski definition) is 4. The molecular weight excluding hydrogens is 362 g/mol. The molecule has 2 aliphatic heterocycles. The second-order valence-corrected chi connectivity index (χ2v) is 7.76. The number of nitrogens with zero attached hydrogens (tertiary/aromatic N) is 4. The highest BCUT2D eigenvalue weighted by atomic mass is 16.2. The van der Waals surface area contributed by atoms with Gasteiger partial charge in [0.1, 0.15) is 5.82 Å². The van der Waals surface area contributed by atoms with Crippen LogP contribution in [0, 0.1) is 0 Å². The smallest absolute Gasteiger partial charge is 0.257 e. The number of aromatic nitrogens is 3. The summed E-state index contributed by atoms with van der Waals surface area (Å²) in [6.45, 7) is 3.35. The molecule has 0 aliphatic carbocycles. The van der Waals surface area contributed by atoms with Gasteiger partial charge in [-0.25, -0.2) is 4.98 Å². The van der Waals surface area contributed by atoms with Crippen molar-refractivity contribution in [1.29, 1.82) is 0 Å². The topological polar surface area (TPSA) is 65.1 Å². The fourth-order valence-electron chi connectivity index (χ4n) is 4.44. The van der Waals surface area contributed by atoms with Gasteiger partial charge in [-0.1, -0.05) is 30.3 Å². The molecule has 4 heterocycles. The van der Waals surface area contributed by atoms with Crippen molar-refractivity contribution in [2.75, 3.05) is 31.1 Å². The van der Waals surface area contributed by atoms with Crippen LogP contribution in [0.3, 0.4) is 0 Å². The number of likely N-dealkylation sites (tertiary alicyclic amines) is 1. The van der Waals surface area contributed by atoms with Gasteiger partial charge in [-0.05, 0) is 31.4 Å². The molecule has 0 radical (unpaired) electrons. The lowest BCUT2D eigenvalue weighted by Gasteiger charge is -2.25. The predicted molar refractivity (Wildman–Crippen MR) is 113 cm³/mol. The van der Waals surface area contributed by atoms with Crippen LogP contribution in [0.25, 0.3) is 11.3 Å². The van der Waals surface area contributed by atoms with Gasteiger partial charge in [0.25, 0.3) is 5.91 Å². The van der Waals surface area contributed by atoms with Crippen molar-refractivity contribution in [1.82, 2.24) is 20.1 Å². The number of carbonyl (C=O) groups excluding carboxylic acids is 1. The number of H-pyrrole nitrogens is 1. The standard InChI is InChI=1S/C23H25N5O/c29-23(28-13-4-5-14-28)19-9-6-12-24-22(19)27-15-10-18-20(11-16-27)25-26-21(18)17-7-2-1-3-8-17/h1-3,6-9,12H,4-5,10-11,13-16H2,(H,25,26). The third-order valence-corrected chi connectivity index (χ3v) is 5.97. The van der Waals surface area contributed by atoms with E-state index in [-0.39, 0.29) is 5.91 Å². The zero-order valence-electron chi connectivity index (χ0n) is 16.5. The van der Waals surface area contributed by atoms with Gasteiger partial charge in [0.2, 0.25) is 0 Å². The fourth-order valence-corrected chi connectivity index (χ4v) is 4.44. The van der Waals surface area contributed by atoms with Crippen LogP contribution >= 0.6 is 0 Å². The fraction of sp³-hybridized carbons (Fsp3) is 0.348. The summed E-state index contributed by atoms with van der Waals surface area (Å²) in [7, 11) is 0. The number of fused-ring (bicyclic) bond motifs is 1. The maximum absolute atomic E-state index is 13.0. The summed E-state index contributed by atoms with van der Waals surface area (Å²) in [4.78, 5) is 21.9. The Hall–Kier alpha value is -3.15. The van der Waals surface area contributed by atoms with E-state index < -0.39 is 0 Å². The largest absolute Gasteiger partial charge is 0.355 e. The average Bonchev–Trinajstić information content (AvgIpc) is 3.40. The van der Waals surface area contributed by atoms with E-state index in [4.69, 9.17) is 0 Å². The van der Waals surface area contributed by atoms with Crippen LogP contribution in [0.1, 0.15) is 34.5 Å². The van der Waals surface area contributed by atoms with Crippen LogP contribution < -0.4 is 4.90 Å². The van der Waals surface area contributed by atoms with E-state index in [2.05, 4.69) is 32.2 Å². The molecule has 2 aliphatic rings. The highest BCUT2D eigenvalue weighted by Gasteiger charge is 2.27. The van der Waals surface area contributed by atoms with E-state index in [0.29, 0.717) is 0 Å². The summed E-state index contributed by atoms with van der Waals surface area (Å²) >= 11 is 0. The van der Waals surface area contributed by atoms with Crippen molar-refractivity contribution in [3.05, 3.63) is 65.5 Å². The monoisotopic (exact) mass is 387 g/mol. The molecule has 6 heteroatoms. The van der Waals surface area contributed by atoms with Gasteiger partial charge in [0, 0.05) is 55.6 Å². The van der Waals surface area contributed by atoms with Crippen LogP contribution in [0.5, 0.6) is 0 Å². The van der Waals surface area contributed by atoms with Crippen molar-refractivity contribution in [2.24, 2.45) is 0 Å². The first-order chi connectivity index (χ1) is 14.3. The minimum absolute atomic E-state index is 0.111. The van der Waals surface area contributed by atoms with Crippen molar-refractivity contribution in [3.63, 3.8) is 0 Å². The molecule has 3 aromatic rings. The van der Waals surface area contributed by atoms with E-state index in [9.17, 15) is 4.79 Å². The molecule has 0 spiro atoms. The molecule has 1 fully saturated rings. The quantitative estimate of drug-likeness (QED) is 0.749. The summed E-state index contributed by atoms with van der Waals surface area (Å²) in [5.74, 6) is 0.920. The molecule has 1 N–H and O–H groups in total. The lowest BCUT2D eigenvalue weighted by molar-refractivity contribution is 0.0793. The lowest BCUT2D eigenvalue weighted by atomic mass is 10.0. The second kappa shape index (κ2) is 7.70. The van der Waals surface area contributed by atoms with Crippen LogP contribution in [-0.4, -0.2) is 52.2 Å². The van der Waals surface area contributed by atoms with Gasteiger partial charge in [0.15, 0.2) is 0 Å². The SMILES string of the molecule is O=C(c1cccnc1N1CCc2[nH]nc(-c3ccccc3)c2CC1)N1CCCC1. The number of carbonyl (C=O) groups is 1. The molecule has 1 amide bonds. The lowest BCUT2D eigenvalue weighted by Crippen LogP contribution is -2.33. The van der Waals surface area contributed by atoms with E-state index in [1.807, 2.05) is 35.2 Å². The molecule has 5 rings (SSSR count). The molecular formula is C23H25N5O. The van der Waals surface area contributed by atoms with Gasteiger partial charge in [-0.2, -0.15) is 5.10 Å². The third kappa shape index (κ3) is 3.39. The summed E-state index contributed by atoms with van der Waals surface area (Å²) in [5.41, 5.74) is 5.37. The maximum atomic E-state index is 13.0. The van der Waals surface area contributed by atoms with E-state index in [0.717, 1.165) is 74.5 Å². The Kier molecular flexibility index (Phi) is 4.76. The molecule has 6 nitrogen and oxygen atoms in total. The first-order valence-electron chi connectivity index (χ1n) is 10.4. The van der Waals surface area contributed by atoms with Gasteiger partial charge >= 0.3 is 0 Å². The number of anilines is 1. The van der Waals surface area contributed by atoms with Crippen molar-refractivity contribution >= 4 is 11.7 Å². The van der Waals surface area contributed by atoms with Gasteiger partial charge < -0.3 is 9.80 Å². The molecule has 0 saturated carbocycles. The Morgan fingerprint density at radius 3 is 2.55 bits per heavy atom. The summed E-state index contributed by atoms with van der Waals surface area (Å²) < 4.78 is 0. The number of aromatic amines is 1. The maximum Gasteiger partial charge on any atom is 0.257 e. The van der Waals surface area contributed by atoms with Crippen molar-refractivity contribution in [2.45, 2.75) is 25.7 Å². The third-order valence-electron chi connectivity index (χ3n) is 5.97. The average molecular weight is 387 g/mol. The van der Waals surface area contributed by atoms with E-state index in [1.54, 1.807) is 6.20 Å². The summed E-state index contributed by atoms with van der Waals surface area (Å²) in [5, 5.41) is 7.83. The number of rotatable bonds is 3. The zero-order valence-corrected chi connectivity index (χ0v) is 16.5. The molecule has 0 bridgehead atoms. The minimum Gasteiger partial charge on any atom is -0.355 e. The zero-order chi connectivity index (χ0) is 19.6. The molecule has 29 heavy (non-hydrogen) atoms. The van der Waals surface area contributed by atoms with Crippen molar-refractivity contribution in [3.8, 4) is 11.3 Å².